The van der Waals surface area contributed by atoms with Gasteiger partial charge in [-0.3, -0.25) is 0 Å². The van der Waals surface area contributed by atoms with Crippen molar-refractivity contribution in [2.24, 2.45) is 5.92 Å². The summed E-state index contributed by atoms with van der Waals surface area (Å²) in [5.41, 5.74) is 2.25. The van der Waals surface area contributed by atoms with Gasteiger partial charge in [0.2, 0.25) is 0 Å². The molecule has 1 N–H and O–H groups in total. The van der Waals surface area contributed by atoms with Gasteiger partial charge in [0.25, 0.3) is 0 Å². The van der Waals surface area contributed by atoms with Gasteiger partial charge in [-0.1, -0.05) is 19.4 Å². The molecule has 0 saturated heterocycles. The summed E-state index contributed by atoms with van der Waals surface area (Å²) in [5, 5.41) is 3.55. The molecule has 1 saturated carbocycles. The zero-order valence-electron chi connectivity index (χ0n) is 10.1. The number of halogens is 1. The predicted molar refractivity (Wildman–Crippen MR) is 64.8 cm³/mol. The highest BCUT2D eigenvalue weighted by Crippen LogP contribution is 2.25. The van der Waals surface area contributed by atoms with Crippen molar-refractivity contribution < 1.29 is 4.39 Å². The fourth-order valence-electron chi connectivity index (χ4n) is 2.52. The molecule has 0 aliphatic heterocycles. The first kappa shape index (κ1) is 11.6. The molecule has 1 fully saturated rings. The van der Waals surface area contributed by atoms with Crippen LogP contribution in [-0.2, 0) is 6.54 Å². The molecule has 1 aromatic carbocycles. The summed E-state index contributed by atoms with van der Waals surface area (Å²) in [4.78, 5) is 0. The quantitative estimate of drug-likeness (QED) is 0.824. The lowest BCUT2D eigenvalue weighted by Crippen LogP contribution is -2.30. The minimum atomic E-state index is -0.137. The minimum absolute atomic E-state index is 0.137. The van der Waals surface area contributed by atoms with Gasteiger partial charge in [0.05, 0.1) is 0 Å². The molecule has 2 atom stereocenters. The lowest BCUT2D eigenvalue weighted by atomic mass is 10.0. The third kappa shape index (κ3) is 2.62. The van der Waals surface area contributed by atoms with Crippen molar-refractivity contribution in [2.75, 3.05) is 0 Å². The molecule has 1 aliphatic rings. The molecule has 2 heteroatoms. The number of hydrogen-bond donors (Lipinski definition) is 1. The Morgan fingerprint density at radius 1 is 1.38 bits per heavy atom. The molecule has 0 spiro atoms. The molecular formula is C14H20FN. The molecule has 0 heterocycles. The van der Waals surface area contributed by atoms with E-state index in [1.165, 1.54) is 30.9 Å². The summed E-state index contributed by atoms with van der Waals surface area (Å²) in [6.45, 7) is 5.12. The van der Waals surface area contributed by atoms with Crippen molar-refractivity contribution in [3.05, 3.63) is 35.1 Å². The van der Waals surface area contributed by atoms with Crippen molar-refractivity contribution in [1.82, 2.24) is 5.32 Å². The summed E-state index contributed by atoms with van der Waals surface area (Å²) in [5.74, 6) is 0.621. The van der Waals surface area contributed by atoms with Gasteiger partial charge in [-0.2, -0.15) is 0 Å². The van der Waals surface area contributed by atoms with Crippen LogP contribution >= 0.6 is 0 Å². The second-order valence-electron chi connectivity index (χ2n) is 4.97. The SMILES string of the molecule is Cc1ccc(F)cc1CNC1CCCC1C. The molecule has 0 aromatic heterocycles. The molecule has 0 bridgehead atoms. The van der Waals surface area contributed by atoms with Gasteiger partial charge in [-0.25, -0.2) is 4.39 Å². The average molecular weight is 221 g/mol. The number of nitrogens with one attached hydrogen (secondary N) is 1. The number of aryl methyl sites for hydroxylation is 1. The van der Waals surface area contributed by atoms with E-state index in [1.807, 2.05) is 13.0 Å². The van der Waals surface area contributed by atoms with Crippen molar-refractivity contribution >= 4 is 0 Å². The van der Waals surface area contributed by atoms with Crippen LogP contribution in [0.2, 0.25) is 0 Å². The van der Waals surface area contributed by atoms with Gasteiger partial charge in [0, 0.05) is 12.6 Å². The second-order valence-corrected chi connectivity index (χ2v) is 4.97. The van der Waals surface area contributed by atoms with Crippen LogP contribution in [0, 0.1) is 18.7 Å². The average Bonchev–Trinajstić information content (AvgIpc) is 2.66. The Hall–Kier alpha value is -0.890. The highest BCUT2D eigenvalue weighted by atomic mass is 19.1. The van der Waals surface area contributed by atoms with Crippen molar-refractivity contribution in [3.8, 4) is 0 Å². The number of rotatable bonds is 3. The first-order chi connectivity index (χ1) is 7.66. The summed E-state index contributed by atoms with van der Waals surface area (Å²) in [7, 11) is 0. The van der Waals surface area contributed by atoms with Gasteiger partial charge < -0.3 is 5.32 Å². The van der Waals surface area contributed by atoms with E-state index in [-0.39, 0.29) is 5.82 Å². The Bertz CT molecular complexity index is 362. The van der Waals surface area contributed by atoms with E-state index >= 15 is 0 Å². The van der Waals surface area contributed by atoms with E-state index < -0.39 is 0 Å². The van der Waals surface area contributed by atoms with Crippen LogP contribution in [0.15, 0.2) is 18.2 Å². The molecule has 1 nitrogen and oxygen atoms in total. The van der Waals surface area contributed by atoms with E-state index in [0.717, 1.165) is 18.0 Å². The Morgan fingerprint density at radius 2 is 2.19 bits per heavy atom. The van der Waals surface area contributed by atoms with Crippen LogP contribution in [-0.4, -0.2) is 6.04 Å². The largest absolute Gasteiger partial charge is 0.310 e. The molecule has 1 aromatic rings. The Labute approximate surface area is 97.1 Å². The van der Waals surface area contributed by atoms with Crippen molar-refractivity contribution in [3.63, 3.8) is 0 Å². The van der Waals surface area contributed by atoms with Crippen molar-refractivity contribution in [1.29, 1.82) is 0 Å². The maximum absolute atomic E-state index is 13.1. The molecule has 0 radical (unpaired) electrons. The second kappa shape index (κ2) is 4.96. The maximum Gasteiger partial charge on any atom is 0.123 e. The van der Waals surface area contributed by atoms with E-state index in [1.54, 1.807) is 6.07 Å². The molecule has 0 amide bonds. The topological polar surface area (TPSA) is 12.0 Å². The van der Waals surface area contributed by atoms with Crippen LogP contribution in [0.3, 0.4) is 0 Å². The molecular weight excluding hydrogens is 201 g/mol. The summed E-state index contributed by atoms with van der Waals surface area (Å²) < 4.78 is 13.1. The maximum atomic E-state index is 13.1. The van der Waals surface area contributed by atoms with E-state index in [0.29, 0.717) is 6.04 Å². The Kier molecular flexibility index (Phi) is 3.59. The van der Waals surface area contributed by atoms with E-state index in [4.69, 9.17) is 0 Å². The van der Waals surface area contributed by atoms with Gasteiger partial charge >= 0.3 is 0 Å². The van der Waals surface area contributed by atoms with Gasteiger partial charge in [0.1, 0.15) is 5.82 Å². The van der Waals surface area contributed by atoms with Gasteiger partial charge in [-0.05, 0) is 48.9 Å². The van der Waals surface area contributed by atoms with E-state index in [2.05, 4.69) is 12.2 Å². The molecule has 2 unspecified atom stereocenters. The summed E-state index contributed by atoms with van der Waals surface area (Å²) in [6.07, 6.45) is 3.90. The first-order valence-corrected chi connectivity index (χ1v) is 6.15. The number of benzene rings is 1. The van der Waals surface area contributed by atoms with Crippen LogP contribution in [0.5, 0.6) is 0 Å². The highest BCUT2D eigenvalue weighted by Gasteiger charge is 2.22. The third-order valence-electron chi connectivity index (χ3n) is 3.73. The van der Waals surface area contributed by atoms with Crippen molar-refractivity contribution in [2.45, 2.75) is 45.7 Å². The Balaban J connectivity index is 1.96. The smallest absolute Gasteiger partial charge is 0.123 e. The summed E-state index contributed by atoms with van der Waals surface area (Å²) >= 11 is 0. The molecule has 2 rings (SSSR count). The highest BCUT2D eigenvalue weighted by molar-refractivity contribution is 5.26. The fraction of sp³-hybridized carbons (Fsp3) is 0.571. The zero-order chi connectivity index (χ0) is 11.5. The monoisotopic (exact) mass is 221 g/mol. The molecule has 16 heavy (non-hydrogen) atoms. The van der Waals surface area contributed by atoms with Crippen LogP contribution < -0.4 is 5.32 Å². The van der Waals surface area contributed by atoms with Crippen LogP contribution in [0.1, 0.15) is 37.3 Å². The van der Waals surface area contributed by atoms with Crippen LogP contribution in [0.4, 0.5) is 4.39 Å². The zero-order valence-corrected chi connectivity index (χ0v) is 10.1. The normalized spacial score (nSPS) is 24.9. The lowest BCUT2D eigenvalue weighted by molar-refractivity contribution is 0.425. The standard InChI is InChI=1S/C14H20FN/c1-10-6-7-13(15)8-12(10)9-16-14-5-3-4-11(14)2/h6-8,11,14,16H,3-5,9H2,1-2H3. The van der Waals surface area contributed by atoms with E-state index in [9.17, 15) is 4.39 Å². The minimum Gasteiger partial charge on any atom is -0.310 e. The van der Waals surface area contributed by atoms with Crippen LogP contribution in [0.25, 0.3) is 0 Å². The summed E-state index contributed by atoms with van der Waals surface area (Å²) in [6, 6.07) is 5.63. The van der Waals surface area contributed by atoms with Gasteiger partial charge in [0.15, 0.2) is 0 Å². The third-order valence-corrected chi connectivity index (χ3v) is 3.73. The number of hydrogen-bond acceptors (Lipinski definition) is 1. The molecule has 1 aliphatic carbocycles. The fourth-order valence-corrected chi connectivity index (χ4v) is 2.52. The predicted octanol–water partition coefficient (Wildman–Crippen LogP) is 3.41. The first-order valence-electron chi connectivity index (χ1n) is 6.15. The molecule has 88 valence electrons. The van der Waals surface area contributed by atoms with Gasteiger partial charge in [-0.15, -0.1) is 0 Å². The Morgan fingerprint density at radius 3 is 2.88 bits per heavy atom. The lowest BCUT2D eigenvalue weighted by Gasteiger charge is -2.18.